The Bertz CT molecular complexity index is 736. The Morgan fingerprint density at radius 2 is 1.79 bits per heavy atom. The van der Waals surface area contributed by atoms with Crippen molar-refractivity contribution in [1.29, 1.82) is 0 Å². The van der Waals surface area contributed by atoms with Crippen LogP contribution in [0.4, 0.5) is 0 Å². The molecule has 3 rings (SSSR count). The molecule has 0 aliphatic carbocycles. The van der Waals surface area contributed by atoms with Crippen LogP contribution in [0.3, 0.4) is 0 Å². The van der Waals surface area contributed by atoms with Gasteiger partial charge in [-0.15, -0.1) is 0 Å². The zero-order valence-electron chi connectivity index (χ0n) is 14.3. The first kappa shape index (κ1) is 16.2. The van der Waals surface area contributed by atoms with Crippen LogP contribution in [-0.4, -0.2) is 22.7 Å². The van der Waals surface area contributed by atoms with Crippen molar-refractivity contribution in [3.05, 3.63) is 65.7 Å². The molecule has 1 aliphatic heterocycles. The van der Waals surface area contributed by atoms with Gasteiger partial charge in [0.2, 0.25) is 5.91 Å². The lowest BCUT2D eigenvalue weighted by Gasteiger charge is -2.20. The van der Waals surface area contributed by atoms with Gasteiger partial charge >= 0.3 is 0 Å². The molecule has 1 heterocycles. The maximum Gasteiger partial charge on any atom is 0.240 e. The maximum atomic E-state index is 12.0. The fraction of sp³-hybridized carbons (Fsp3) is 0.300. The van der Waals surface area contributed by atoms with E-state index < -0.39 is 0 Å². The molecule has 0 N–H and O–H groups in total. The van der Waals surface area contributed by atoms with Gasteiger partial charge in [0.15, 0.2) is 0 Å². The van der Waals surface area contributed by atoms with Crippen LogP contribution < -0.4 is 4.74 Å². The van der Waals surface area contributed by atoms with Gasteiger partial charge in [-0.3, -0.25) is 4.79 Å². The van der Waals surface area contributed by atoms with Crippen LogP contribution in [-0.2, 0) is 4.79 Å². The zero-order valence-corrected chi connectivity index (χ0v) is 14.3. The number of carbonyl (C=O) groups is 1. The van der Waals surface area contributed by atoms with Gasteiger partial charge in [-0.05, 0) is 49.2 Å². The first-order valence-corrected chi connectivity index (χ1v) is 8.24. The molecule has 1 amide bonds. The molecule has 0 radical (unpaired) electrons. The number of benzene rings is 2. The summed E-state index contributed by atoms with van der Waals surface area (Å²) in [5, 5.41) is 6.15. The Hall–Kier alpha value is -2.62. The van der Waals surface area contributed by atoms with Crippen molar-refractivity contribution >= 4 is 11.6 Å². The van der Waals surface area contributed by atoms with Crippen molar-refractivity contribution in [2.45, 2.75) is 39.3 Å². The van der Waals surface area contributed by atoms with Crippen molar-refractivity contribution in [1.82, 2.24) is 5.01 Å². The van der Waals surface area contributed by atoms with Crippen molar-refractivity contribution in [3.8, 4) is 5.75 Å². The smallest absolute Gasteiger partial charge is 0.240 e. The van der Waals surface area contributed by atoms with E-state index in [4.69, 9.17) is 4.74 Å². The maximum absolute atomic E-state index is 12.0. The van der Waals surface area contributed by atoms with E-state index in [0.717, 1.165) is 22.6 Å². The summed E-state index contributed by atoms with van der Waals surface area (Å²) in [7, 11) is 0. The normalized spacial score (nSPS) is 17.1. The Kier molecular flexibility index (Phi) is 4.65. The number of hydrogen-bond donors (Lipinski definition) is 0. The van der Waals surface area contributed by atoms with Crippen LogP contribution in [0.25, 0.3) is 0 Å². The summed E-state index contributed by atoms with van der Waals surface area (Å²) in [4.78, 5) is 12.0. The van der Waals surface area contributed by atoms with Gasteiger partial charge in [-0.2, -0.15) is 5.10 Å². The highest BCUT2D eigenvalue weighted by atomic mass is 16.5. The Labute approximate surface area is 142 Å². The molecule has 0 spiro atoms. The lowest BCUT2D eigenvalue weighted by molar-refractivity contribution is -0.130. The Morgan fingerprint density at radius 3 is 2.38 bits per heavy atom. The van der Waals surface area contributed by atoms with Crippen LogP contribution in [0.1, 0.15) is 44.4 Å². The second-order valence-electron chi connectivity index (χ2n) is 6.23. The molecule has 1 aliphatic rings. The average molecular weight is 322 g/mol. The molecule has 1 atom stereocenters. The molecule has 0 fully saturated rings. The number of nitrogens with zero attached hydrogens (tertiary/aromatic N) is 2. The summed E-state index contributed by atoms with van der Waals surface area (Å²) < 4.78 is 5.68. The molecule has 2 aromatic carbocycles. The van der Waals surface area contributed by atoms with Crippen molar-refractivity contribution in [2.75, 3.05) is 0 Å². The SMILES string of the molecule is CC(=O)N1N=C(c2ccc(OC(C)C)cc2)C[C@H]1c1ccccc1. The molecule has 2 aromatic rings. The van der Waals surface area contributed by atoms with E-state index in [1.54, 1.807) is 11.9 Å². The minimum absolute atomic E-state index is 0.0368. The molecule has 0 aromatic heterocycles. The summed E-state index contributed by atoms with van der Waals surface area (Å²) in [6.07, 6.45) is 0.865. The number of carbonyl (C=O) groups excluding carboxylic acids is 1. The Balaban J connectivity index is 1.84. The van der Waals surface area contributed by atoms with Gasteiger partial charge in [-0.25, -0.2) is 5.01 Å². The predicted molar refractivity (Wildman–Crippen MR) is 95.1 cm³/mol. The molecule has 0 saturated carbocycles. The van der Waals surface area contributed by atoms with E-state index in [1.807, 2.05) is 68.4 Å². The number of amides is 1. The molecule has 4 heteroatoms. The average Bonchev–Trinajstić information content (AvgIpc) is 3.01. The molecule has 0 unspecified atom stereocenters. The highest BCUT2D eigenvalue weighted by Crippen LogP contribution is 2.32. The third kappa shape index (κ3) is 3.48. The van der Waals surface area contributed by atoms with Gasteiger partial charge < -0.3 is 4.74 Å². The first-order valence-electron chi connectivity index (χ1n) is 8.24. The van der Waals surface area contributed by atoms with Crippen LogP contribution in [0.2, 0.25) is 0 Å². The van der Waals surface area contributed by atoms with Crippen molar-refractivity contribution < 1.29 is 9.53 Å². The monoisotopic (exact) mass is 322 g/mol. The lowest BCUT2D eigenvalue weighted by Crippen LogP contribution is -2.24. The largest absolute Gasteiger partial charge is 0.491 e. The minimum Gasteiger partial charge on any atom is -0.491 e. The molecular formula is C20H22N2O2. The standard InChI is InChI=1S/C20H22N2O2/c1-14(2)24-18-11-9-16(10-12-18)19-13-20(22(21-19)15(3)23)17-7-5-4-6-8-17/h4-12,14,20H,13H2,1-3H3/t20-/m0/s1. The van der Waals surface area contributed by atoms with Gasteiger partial charge in [0.05, 0.1) is 17.9 Å². The fourth-order valence-electron chi connectivity index (χ4n) is 2.91. The number of hydrogen-bond acceptors (Lipinski definition) is 3. The first-order chi connectivity index (χ1) is 11.5. The molecule has 124 valence electrons. The van der Waals surface area contributed by atoms with E-state index >= 15 is 0 Å². The van der Waals surface area contributed by atoms with Crippen LogP contribution in [0, 0.1) is 0 Å². The molecular weight excluding hydrogens is 300 g/mol. The third-order valence-corrected chi connectivity index (χ3v) is 3.98. The van der Waals surface area contributed by atoms with Gasteiger partial charge in [-0.1, -0.05) is 30.3 Å². The molecule has 0 saturated heterocycles. The van der Waals surface area contributed by atoms with Gasteiger partial charge in [0.25, 0.3) is 0 Å². The highest BCUT2D eigenvalue weighted by Gasteiger charge is 2.31. The highest BCUT2D eigenvalue weighted by molar-refractivity contribution is 6.03. The zero-order chi connectivity index (χ0) is 17.1. The topological polar surface area (TPSA) is 41.9 Å². The Morgan fingerprint density at radius 1 is 1.12 bits per heavy atom. The second-order valence-corrected chi connectivity index (χ2v) is 6.23. The fourth-order valence-corrected chi connectivity index (χ4v) is 2.91. The van der Waals surface area contributed by atoms with Crippen molar-refractivity contribution in [2.24, 2.45) is 5.10 Å². The predicted octanol–water partition coefficient (Wildman–Crippen LogP) is 4.17. The molecule has 24 heavy (non-hydrogen) atoms. The summed E-state index contributed by atoms with van der Waals surface area (Å²) >= 11 is 0. The van der Waals surface area contributed by atoms with Crippen LogP contribution in [0.15, 0.2) is 59.7 Å². The van der Waals surface area contributed by atoms with E-state index in [2.05, 4.69) is 5.10 Å². The third-order valence-electron chi connectivity index (χ3n) is 3.98. The van der Waals surface area contributed by atoms with Gasteiger partial charge in [0.1, 0.15) is 5.75 Å². The van der Waals surface area contributed by atoms with Crippen molar-refractivity contribution in [3.63, 3.8) is 0 Å². The van der Waals surface area contributed by atoms with Crippen LogP contribution >= 0.6 is 0 Å². The molecule has 0 bridgehead atoms. The van der Waals surface area contributed by atoms with Gasteiger partial charge in [0, 0.05) is 13.3 Å². The van der Waals surface area contributed by atoms with E-state index in [1.165, 1.54) is 0 Å². The quantitative estimate of drug-likeness (QED) is 0.847. The minimum atomic E-state index is -0.0429. The lowest BCUT2D eigenvalue weighted by atomic mass is 9.98. The summed E-state index contributed by atoms with van der Waals surface area (Å²) in [5.74, 6) is 0.800. The summed E-state index contributed by atoms with van der Waals surface area (Å²) in [6.45, 7) is 5.57. The molecule has 4 nitrogen and oxygen atoms in total. The van der Waals surface area contributed by atoms with E-state index in [9.17, 15) is 4.79 Å². The van der Waals surface area contributed by atoms with Crippen LogP contribution in [0.5, 0.6) is 5.75 Å². The second kappa shape index (κ2) is 6.87. The summed E-state index contributed by atoms with van der Waals surface area (Å²) in [5.41, 5.74) is 3.05. The van der Waals surface area contributed by atoms with E-state index in [-0.39, 0.29) is 18.1 Å². The number of ether oxygens (including phenoxy) is 1. The summed E-state index contributed by atoms with van der Waals surface area (Å²) in [6, 6.07) is 17.9. The number of hydrazone groups is 1. The number of rotatable bonds is 4. The van der Waals surface area contributed by atoms with E-state index in [0.29, 0.717) is 6.42 Å².